The van der Waals surface area contributed by atoms with E-state index in [1.807, 2.05) is 30.3 Å². The van der Waals surface area contributed by atoms with E-state index in [9.17, 15) is 10.1 Å². The van der Waals surface area contributed by atoms with Gasteiger partial charge in [0.25, 0.3) is 5.69 Å². The predicted octanol–water partition coefficient (Wildman–Crippen LogP) is 3.55. The minimum absolute atomic E-state index is 0.0173. The van der Waals surface area contributed by atoms with Crippen LogP contribution in [0.4, 0.5) is 11.4 Å². The summed E-state index contributed by atoms with van der Waals surface area (Å²) in [5.41, 5.74) is 2.03. The maximum atomic E-state index is 11.1. The molecule has 0 spiro atoms. The van der Waals surface area contributed by atoms with E-state index in [-0.39, 0.29) is 5.69 Å². The molecule has 0 aliphatic rings. The molecule has 0 unspecified atom stereocenters. The number of benzene rings is 2. The van der Waals surface area contributed by atoms with Crippen molar-refractivity contribution in [3.63, 3.8) is 0 Å². The number of para-hydroxylation sites is 1. The van der Waals surface area contributed by atoms with Crippen LogP contribution in [-0.4, -0.2) is 19.9 Å². The molecule has 8 heteroatoms. The maximum Gasteiger partial charge on any atom is 0.292 e. The van der Waals surface area contributed by atoms with Crippen molar-refractivity contribution in [2.45, 2.75) is 6.54 Å². The first-order valence-electron chi connectivity index (χ1n) is 6.78. The van der Waals surface area contributed by atoms with Gasteiger partial charge in [-0.1, -0.05) is 39.3 Å². The first-order valence-corrected chi connectivity index (χ1v) is 7.57. The van der Waals surface area contributed by atoms with Crippen LogP contribution < -0.4 is 5.32 Å². The molecule has 1 aromatic heterocycles. The highest BCUT2D eigenvalue weighted by molar-refractivity contribution is 9.10. The van der Waals surface area contributed by atoms with Crippen LogP contribution in [0.2, 0.25) is 0 Å². The van der Waals surface area contributed by atoms with Gasteiger partial charge in [-0.15, -0.1) is 5.10 Å². The highest BCUT2D eigenvalue weighted by atomic mass is 79.9. The number of rotatable bonds is 5. The molecule has 2 aromatic carbocycles. The zero-order valence-corrected chi connectivity index (χ0v) is 13.5. The number of anilines is 1. The fourth-order valence-electron chi connectivity index (χ4n) is 2.08. The van der Waals surface area contributed by atoms with Crippen LogP contribution >= 0.6 is 15.9 Å². The zero-order valence-electron chi connectivity index (χ0n) is 11.9. The van der Waals surface area contributed by atoms with Gasteiger partial charge in [0, 0.05) is 10.5 Å². The second kappa shape index (κ2) is 6.57. The van der Waals surface area contributed by atoms with E-state index in [1.165, 1.54) is 6.07 Å². The molecular formula is C15H12BrN5O2. The first kappa shape index (κ1) is 15.2. The quantitative estimate of drug-likeness (QED) is 0.545. The fourth-order valence-corrected chi connectivity index (χ4v) is 2.44. The van der Waals surface area contributed by atoms with E-state index in [0.29, 0.717) is 17.9 Å². The summed E-state index contributed by atoms with van der Waals surface area (Å²) in [5.74, 6) is 0. The summed E-state index contributed by atoms with van der Waals surface area (Å²) in [7, 11) is 0. The molecule has 1 heterocycles. The Hall–Kier alpha value is -2.74. The predicted molar refractivity (Wildman–Crippen MR) is 89.5 cm³/mol. The largest absolute Gasteiger partial charge is 0.374 e. The molecule has 0 radical (unpaired) electrons. The molecule has 0 aliphatic heterocycles. The standard InChI is InChI=1S/C15H12BrN5O2/c16-11-6-7-15(21(22)23)14(8-11)17-9-12-10-20(19-18-12)13-4-2-1-3-5-13/h1-8,10,17H,9H2. The van der Waals surface area contributed by atoms with Gasteiger partial charge in [0.2, 0.25) is 0 Å². The Bertz CT molecular complexity index is 835. The van der Waals surface area contributed by atoms with Crippen molar-refractivity contribution in [1.82, 2.24) is 15.0 Å². The van der Waals surface area contributed by atoms with Gasteiger partial charge >= 0.3 is 0 Å². The smallest absolute Gasteiger partial charge is 0.292 e. The third kappa shape index (κ3) is 3.54. The summed E-state index contributed by atoms with van der Waals surface area (Å²) < 4.78 is 2.42. The van der Waals surface area contributed by atoms with Crippen LogP contribution in [0.5, 0.6) is 0 Å². The van der Waals surface area contributed by atoms with Gasteiger partial charge in [-0.2, -0.15) is 0 Å². The first-order chi connectivity index (χ1) is 11.1. The van der Waals surface area contributed by atoms with Crippen LogP contribution in [0.1, 0.15) is 5.69 Å². The van der Waals surface area contributed by atoms with Crippen LogP contribution in [0.3, 0.4) is 0 Å². The Morgan fingerprint density at radius 3 is 2.74 bits per heavy atom. The number of hydrogen-bond donors (Lipinski definition) is 1. The summed E-state index contributed by atoms with van der Waals surface area (Å²) in [6.07, 6.45) is 1.78. The molecule has 1 N–H and O–H groups in total. The molecule has 0 bridgehead atoms. The molecule has 0 amide bonds. The SMILES string of the molecule is O=[N+]([O-])c1ccc(Br)cc1NCc1cn(-c2ccccc2)nn1. The molecule has 23 heavy (non-hydrogen) atoms. The van der Waals surface area contributed by atoms with Crippen LogP contribution in [0, 0.1) is 10.1 Å². The summed E-state index contributed by atoms with van der Waals surface area (Å²) in [4.78, 5) is 10.6. The lowest BCUT2D eigenvalue weighted by Gasteiger charge is -2.05. The molecule has 116 valence electrons. The number of nitrogens with one attached hydrogen (secondary N) is 1. The summed E-state index contributed by atoms with van der Waals surface area (Å²) in [6.45, 7) is 0.337. The second-order valence-corrected chi connectivity index (χ2v) is 5.68. The average Bonchev–Trinajstić information content (AvgIpc) is 3.02. The van der Waals surface area contributed by atoms with Crippen molar-refractivity contribution >= 4 is 27.3 Å². The maximum absolute atomic E-state index is 11.1. The van der Waals surface area contributed by atoms with E-state index >= 15 is 0 Å². The molecular weight excluding hydrogens is 362 g/mol. The zero-order chi connectivity index (χ0) is 16.2. The third-order valence-corrected chi connectivity index (χ3v) is 3.67. The number of nitro groups is 1. The summed E-state index contributed by atoms with van der Waals surface area (Å²) in [6, 6.07) is 14.4. The average molecular weight is 374 g/mol. The number of nitro benzene ring substituents is 1. The monoisotopic (exact) mass is 373 g/mol. The van der Waals surface area contributed by atoms with Crippen molar-refractivity contribution in [3.05, 3.63) is 75.0 Å². The number of hydrogen-bond acceptors (Lipinski definition) is 5. The Balaban J connectivity index is 1.76. The molecule has 0 saturated carbocycles. The van der Waals surface area contributed by atoms with Gasteiger partial charge < -0.3 is 5.32 Å². The molecule has 0 saturated heterocycles. The molecule has 3 rings (SSSR count). The van der Waals surface area contributed by atoms with Crippen molar-refractivity contribution < 1.29 is 4.92 Å². The van der Waals surface area contributed by atoms with Crippen LogP contribution in [0.15, 0.2) is 59.2 Å². The van der Waals surface area contributed by atoms with Gasteiger partial charge in [-0.3, -0.25) is 10.1 Å². The van der Waals surface area contributed by atoms with Gasteiger partial charge in [0.15, 0.2) is 0 Å². The topological polar surface area (TPSA) is 85.9 Å². The van der Waals surface area contributed by atoms with Gasteiger partial charge in [0.1, 0.15) is 11.4 Å². The van der Waals surface area contributed by atoms with Gasteiger partial charge in [-0.05, 0) is 24.3 Å². The van der Waals surface area contributed by atoms with E-state index in [1.54, 1.807) is 23.0 Å². The molecule has 3 aromatic rings. The van der Waals surface area contributed by atoms with Crippen molar-refractivity contribution in [1.29, 1.82) is 0 Å². The fraction of sp³-hybridized carbons (Fsp3) is 0.0667. The lowest BCUT2D eigenvalue weighted by atomic mass is 10.2. The second-order valence-electron chi connectivity index (χ2n) is 4.76. The number of halogens is 1. The minimum atomic E-state index is -0.421. The third-order valence-electron chi connectivity index (χ3n) is 3.18. The minimum Gasteiger partial charge on any atom is -0.374 e. The van der Waals surface area contributed by atoms with E-state index in [4.69, 9.17) is 0 Å². The molecule has 0 aliphatic carbocycles. The normalized spacial score (nSPS) is 10.5. The highest BCUT2D eigenvalue weighted by Crippen LogP contribution is 2.28. The van der Waals surface area contributed by atoms with Crippen molar-refractivity contribution in [2.24, 2.45) is 0 Å². The van der Waals surface area contributed by atoms with Gasteiger partial charge in [0.05, 0.1) is 23.4 Å². The number of aromatic nitrogens is 3. The molecule has 0 atom stereocenters. The lowest BCUT2D eigenvalue weighted by Crippen LogP contribution is -2.03. The Morgan fingerprint density at radius 2 is 2.00 bits per heavy atom. The highest BCUT2D eigenvalue weighted by Gasteiger charge is 2.14. The molecule has 0 fully saturated rings. The van der Waals surface area contributed by atoms with Crippen molar-refractivity contribution in [2.75, 3.05) is 5.32 Å². The van der Waals surface area contributed by atoms with Crippen molar-refractivity contribution in [3.8, 4) is 5.69 Å². The molecule has 7 nitrogen and oxygen atoms in total. The van der Waals surface area contributed by atoms with Crippen LogP contribution in [-0.2, 0) is 6.54 Å². The Labute approximate surface area is 140 Å². The Kier molecular flexibility index (Phi) is 4.33. The van der Waals surface area contributed by atoms with E-state index in [0.717, 1.165) is 10.2 Å². The summed E-state index contributed by atoms with van der Waals surface area (Å²) in [5, 5.41) is 22.2. The van der Waals surface area contributed by atoms with Crippen LogP contribution in [0.25, 0.3) is 5.69 Å². The summed E-state index contributed by atoms with van der Waals surface area (Å²) >= 11 is 3.31. The number of nitrogens with zero attached hydrogens (tertiary/aromatic N) is 4. The van der Waals surface area contributed by atoms with Gasteiger partial charge in [-0.25, -0.2) is 4.68 Å². The van der Waals surface area contributed by atoms with E-state index in [2.05, 4.69) is 31.6 Å². The van der Waals surface area contributed by atoms with E-state index < -0.39 is 4.92 Å². The Morgan fingerprint density at radius 1 is 1.22 bits per heavy atom. The lowest BCUT2D eigenvalue weighted by molar-refractivity contribution is -0.384.